The van der Waals surface area contributed by atoms with Gasteiger partial charge in [0.15, 0.2) is 5.82 Å². The van der Waals surface area contributed by atoms with Crippen molar-refractivity contribution in [2.45, 2.75) is 58.5 Å². The summed E-state index contributed by atoms with van der Waals surface area (Å²) >= 11 is 9.18. The lowest BCUT2D eigenvalue weighted by Gasteiger charge is -2.50. The molecule has 7 rings (SSSR count). The molecule has 0 aliphatic carbocycles. The number of fused-ring (bicyclic) bond motifs is 3. The van der Waals surface area contributed by atoms with Crippen molar-refractivity contribution in [1.29, 1.82) is 0 Å². The topological polar surface area (TPSA) is 102 Å². The SMILES string of the molecule is COc1ccc(CN(Cc2ccc(OC)cc2)c2cc(C)c(I)c(-c3c(Cl)cc4c(N5C6COCC5CN(C(=O)OC(C)(C)C)C6)nc(F)nc4c3F)n2)cc1. The van der Waals surface area contributed by atoms with Crippen molar-refractivity contribution >= 4 is 62.8 Å². The predicted molar refractivity (Wildman–Crippen MR) is 220 cm³/mol. The number of pyridine rings is 1. The quantitative estimate of drug-likeness (QED) is 0.106. The van der Waals surface area contributed by atoms with E-state index in [1.165, 1.54) is 0 Å². The Hall–Kier alpha value is -4.54. The average molecular weight is 899 g/mol. The standard InChI is InChI=1S/C41H42ClF2IN6O5/c1-23-15-32(49(17-24-7-11-28(53-5)12-8-24)18-25-9-13-29(54-6)14-10-25)46-37(35(23)45)33-31(42)16-30-36(34(33)43)47-39(44)48-38(30)51-26-19-50(20-27(51)22-55-21-26)40(52)56-41(2,3)4/h7-16,26-27H,17-22H2,1-6H3. The maximum atomic E-state index is 17.1. The van der Waals surface area contributed by atoms with E-state index in [-0.39, 0.29) is 53.6 Å². The highest BCUT2D eigenvalue weighted by molar-refractivity contribution is 14.1. The number of nitrogens with zero attached hydrogens (tertiary/aromatic N) is 6. The maximum absolute atomic E-state index is 17.1. The largest absolute Gasteiger partial charge is 0.497 e. The summed E-state index contributed by atoms with van der Waals surface area (Å²) in [7, 11) is 3.25. The highest BCUT2D eigenvalue weighted by Gasteiger charge is 2.43. The van der Waals surface area contributed by atoms with Gasteiger partial charge in [-0.3, -0.25) is 0 Å². The number of rotatable bonds is 9. The Kier molecular flexibility index (Phi) is 11.4. The maximum Gasteiger partial charge on any atom is 0.410 e. The van der Waals surface area contributed by atoms with Crippen LogP contribution in [-0.2, 0) is 22.6 Å². The van der Waals surface area contributed by atoms with Crippen molar-refractivity contribution in [1.82, 2.24) is 19.9 Å². The van der Waals surface area contributed by atoms with Gasteiger partial charge in [-0.2, -0.15) is 14.4 Å². The molecule has 3 aromatic carbocycles. The molecule has 2 fully saturated rings. The number of carbonyl (C=O) groups excluding carboxylic acids is 1. The molecule has 294 valence electrons. The Balaban J connectivity index is 1.29. The summed E-state index contributed by atoms with van der Waals surface area (Å²) in [6, 6.07) is 18.3. The zero-order valence-electron chi connectivity index (χ0n) is 31.9. The Morgan fingerprint density at radius 1 is 0.929 bits per heavy atom. The second-order valence-corrected chi connectivity index (χ2v) is 16.4. The molecule has 11 nitrogen and oxygen atoms in total. The van der Waals surface area contributed by atoms with Crippen molar-refractivity contribution in [2.24, 2.45) is 0 Å². The first-order valence-electron chi connectivity index (χ1n) is 18.1. The van der Waals surface area contributed by atoms with Crippen LogP contribution in [0.15, 0.2) is 60.7 Å². The lowest BCUT2D eigenvalue weighted by atomic mass is 10.0. The molecule has 0 spiro atoms. The lowest BCUT2D eigenvalue weighted by Crippen LogP contribution is -2.66. The number of aryl methyl sites for hydroxylation is 1. The molecular formula is C41H42ClF2IN6O5. The molecule has 15 heteroatoms. The molecule has 2 aromatic heterocycles. The first-order valence-corrected chi connectivity index (χ1v) is 19.6. The molecule has 5 aromatic rings. The van der Waals surface area contributed by atoms with Crippen LogP contribution in [-0.4, -0.2) is 84.2 Å². The highest BCUT2D eigenvalue weighted by atomic mass is 127. The Morgan fingerprint density at radius 3 is 2.04 bits per heavy atom. The van der Waals surface area contributed by atoms with E-state index >= 15 is 8.78 Å². The van der Waals surface area contributed by atoms with Gasteiger partial charge in [-0.25, -0.2) is 14.2 Å². The zero-order valence-corrected chi connectivity index (χ0v) is 34.8. The highest BCUT2D eigenvalue weighted by Crippen LogP contribution is 2.42. The second-order valence-electron chi connectivity index (χ2n) is 14.9. The van der Waals surface area contributed by atoms with E-state index in [0.29, 0.717) is 28.2 Å². The van der Waals surface area contributed by atoms with E-state index in [9.17, 15) is 4.79 Å². The smallest absolute Gasteiger partial charge is 0.410 e. The van der Waals surface area contributed by atoms with Crippen LogP contribution < -0.4 is 19.3 Å². The first-order chi connectivity index (χ1) is 26.7. The van der Waals surface area contributed by atoms with Gasteiger partial charge in [0, 0.05) is 35.1 Å². The number of morpholine rings is 1. The number of halogens is 4. The van der Waals surface area contributed by atoms with Gasteiger partial charge in [-0.05, 0) is 103 Å². The van der Waals surface area contributed by atoms with Gasteiger partial charge in [-0.1, -0.05) is 35.9 Å². The third-order valence-corrected chi connectivity index (χ3v) is 11.4. The number of aromatic nitrogens is 3. The first kappa shape index (κ1) is 39.7. The van der Waals surface area contributed by atoms with Crippen LogP contribution in [0.5, 0.6) is 11.5 Å². The number of ether oxygens (including phenoxy) is 4. The molecule has 0 radical (unpaired) electrons. The summed E-state index contributed by atoms with van der Waals surface area (Å²) in [6.07, 6.45) is -1.54. The lowest BCUT2D eigenvalue weighted by molar-refractivity contribution is -0.0107. The second kappa shape index (κ2) is 16.1. The normalized spacial score (nSPS) is 16.9. The number of piperazine rings is 1. The zero-order chi connectivity index (χ0) is 39.9. The molecule has 2 aliphatic heterocycles. The summed E-state index contributed by atoms with van der Waals surface area (Å²) in [6.45, 7) is 9.28. The van der Waals surface area contributed by atoms with E-state index in [0.717, 1.165) is 28.2 Å². The fourth-order valence-electron chi connectivity index (χ4n) is 7.14. The van der Waals surface area contributed by atoms with E-state index < -0.39 is 35.7 Å². The molecule has 0 N–H and O–H groups in total. The van der Waals surface area contributed by atoms with Gasteiger partial charge in [0.1, 0.15) is 34.3 Å². The van der Waals surface area contributed by atoms with E-state index in [4.69, 9.17) is 35.5 Å². The van der Waals surface area contributed by atoms with Crippen LogP contribution >= 0.6 is 34.2 Å². The van der Waals surface area contributed by atoms with Gasteiger partial charge >= 0.3 is 12.2 Å². The van der Waals surface area contributed by atoms with Crippen LogP contribution in [0.3, 0.4) is 0 Å². The molecule has 2 aliphatic rings. The summed E-state index contributed by atoms with van der Waals surface area (Å²) < 4.78 is 55.5. The molecule has 2 unspecified atom stereocenters. The van der Waals surface area contributed by atoms with Crippen molar-refractivity contribution in [3.63, 3.8) is 0 Å². The van der Waals surface area contributed by atoms with Gasteiger partial charge in [0.2, 0.25) is 0 Å². The molecule has 56 heavy (non-hydrogen) atoms. The van der Waals surface area contributed by atoms with Crippen molar-refractivity contribution in [3.8, 4) is 22.8 Å². The van der Waals surface area contributed by atoms with Gasteiger partial charge in [-0.15, -0.1) is 0 Å². The van der Waals surface area contributed by atoms with Gasteiger partial charge in [0.25, 0.3) is 0 Å². The third-order valence-electron chi connectivity index (χ3n) is 9.75. The Bertz CT molecular complexity index is 2200. The van der Waals surface area contributed by atoms with Crippen molar-refractivity contribution < 1.29 is 32.5 Å². The van der Waals surface area contributed by atoms with Crippen molar-refractivity contribution in [2.75, 3.05) is 50.3 Å². The molecule has 0 saturated carbocycles. The molecular weight excluding hydrogens is 857 g/mol. The van der Waals surface area contributed by atoms with Crippen LogP contribution in [0.25, 0.3) is 22.2 Å². The number of hydrogen-bond acceptors (Lipinski definition) is 10. The summed E-state index contributed by atoms with van der Waals surface area (Å²) in [4.78, 5) is 31.9. The molecule has 1 amide bonds. The Labute approximate surface area is 343 Å². The number of benzene rings is 3. The summed E-state index contributed by atoms with van der Waals surface area (Å²) in [5.74, 6) is 1.43. The van der Waals surface area contributed by atoms with Gasteiger partial charge < -0.3 is 33.6 Å². The minimum absolute atomic E-state index is 0.00434. The predicted octanol–water partition coefficient (Wildman–Crippen LogP) is 8.58. The molecule has 2 bridgehead atoms. The minimum atomic E-state index is -1.09. The third kappa shape index (κ3) is 8.28. The van der Waals surface area contributed by atoms with E-state index in [1.807, 2.05) is 87.2 Å². The molecule has 2 atom stereocenters. The molecule has 4 heterocycles. The fourth-order valence-corrected chi connectivity index (χ4v) is 7.97. The fraction of sp³-hybridized carbons (Fsp3) is 0.366. The van der Waals surface area contributed by atoms with Crippen LogP contribution in [0.4, 0.5) is 25.2 Å². The number of hydrogen-bond donors (Lipinski definition) is 0. The van der Waals surface area contributed by atoms with Crippen LogP contribution in [0, 0.1) is 22.4 Å². The molecule has 2 saturated heterocycles. The monoisotopic (exact) mass is 898 g/mol. The summed E-state index contributed by atoms with van der Waals surface area (Å²) in [5.41, 5.74) is 2.27. The average Bonchev–Trinajstić information content (AvgIpc) is 3.15. The Morgan fingerprint density at radius 2 is 1.50 bits per heavy atom. The van der Waals surface area contributed by atoms with Gasteiger partial charge in [0.05, 0.1) is 55.8 Å². The number of anilines is 2. The van der Waals surface area contributed by atoms with E-state index in [2.05, 4.69) is 37.5 Å². The number of carbonyl (C=O) groups is 1. The minimum Gasteiger partial charge on any atom is -0.497 e. The van der Waals surface area contributed by atoms with Crippen molar-refractivity contribution in [3.05, 3.63) is 97.8 Å². The van der Waals surface area contributed by atoms with Crippen LogP contribution in [0.1, 0.15) is 37.5 Å². The number of amides is 1. The summed E-state index contributed by atoms with van der Waals surface area (Å²) in [5, 5.41) is 0.308. The van der Waals surface area contributed by atoms with Crippen LogP contribution in [0.2, 0.25) is 5.02 Å². The van der Waals surface area contributed by atoms with E-state index in [1.54, 1.807) is 25.2 Å². The number of methoxy groups -OCH3 is 2.